The van der Waals surface area contributed by atoms with Crippen molar-refractivity contribution in [2.45, 2.75) is 92.8 Å². The van der Waals surface area contributed by atoms with Crippen LogP contribution in [0.15, 0.2) is 0 Å². The molecule has 0 bridgehead atoms. The van der Waals surface area contributed by atoms with Gasteiger partial charge in [0.05, 0.1) is 0 Å². The maximum atomic E-state index is 2.68. The van der Waals surface area contributed by atoms with E-state index in [1.807, 2.05) is 0 Å². The Hall–Kier alpha value is 1.46. The number of hydrogen-bond donors (Lipinski definition) is 0. The molecule has 0 amide bonds. The van der Waals surface area contributed by atoms with Gasteiger partial charge in [0.15, 0.2) is 0 Å². The van der Waals surface area contributed by atoms with Gasteiger partial charge in [0.25, 0.3) is 0 Å². The molecule has 2 heteroatoms. The van der Waals surface area contributed by atoms with Crippen LogP contribution in [0, 0.1) is 5.92 Å². The van der Waals surface area contributed by atoms with E-state index in [-0.39, 0.29) is 0 Å². The van der Waals surface area contributed by atoms with Gasteiger partial charge in [0.2, 0.25) is 0 Å². The quantitative estimate of drug-likeness (QED) is 0.159. The summed E-state index contributed by atoms with van der Waals surface area (Å²) in [5, 5.41) is 0. The van der Waals surface area contributed by atoms with Gasteiger partial charge in [-0.05, 0) is 31.6 Å². The molecule has 110 valence electrons. The zero-order chi connectivity index (χ0) is 13.8. The first-order valence-electron chi connectivity index (χ1n) is 7.84. The van der Waals surface area contributed by atoms with Crippen LogP contribution in [0.25, 0.3) is 0 Å². The van der Waals surface area contributed by atoms with Crippen molar-refractivity contribution in [3.8, 4) is 0 Å². The summed E-state index contributed by atoms with van der Waals surface area (Å²) in [5.74, 6) is 0.947. The zero-order valence-electron chi connectivity index (χ0n) is 12.6. The third-order valence-corrected chi connectivity index (χ3v) is 5.51. The Kier molecular flexibility index (Phi) is 14.5. The van der Waals surface area contributed by atoms with Crippen molar-refractivity contribution in [2.24, 2.45) is 5.92 Å². The highest BCUT2D eigenvalue weighted by molar-refractivity contribution is 14.1. The van der Waals surface area contributed by atoms with E-state index in [9.17, 15) is 0 Å². The van der Waals surface area contributed by atoms with Crippen LogP contribution in [0.4, 0.5) is 0 Å². The first kappa shape index (κ1) is 19.5. The van der Waals surface area contributed by atoms with Crippen LogP contribution in [0.1, 0.15) is 85.0 Å². The maximum absolute atomic E-state index is 2.68. The first-order chi connectivity index (χ1) is 8.56. The Bertz CT molecular complexity index is 168. The minimum atomic E-state index is 0.855. The van der Waals surface area contributed by atoms with Crippen LogP contribution in [0.5, 0.6) is 0 Å². The van der Waals surface area contributed by atoms with Crippen molar-refractivity contribution < 1.29 is 0 Å². The monoisotopic (exact) mass is 478 g/mol. The zero-order valence-corrected chi connectivity index (χ0v) is 16.9. The van der Waals surface area contributed by atoms with Crippen molar-refractivity contribution >= 4 is 45.2 Å². The van der Waals surface area contributed by atoms with Gasteiger partial charge < -0.3 is 0 Å². The highest BCUT2D eigenvalue weighted by atomic mass is 127. The lowest BCUT2D eigenvalue weighted by molar-refractivity contribution is 0.443. The summed E-state index contributed by atoms with van der Waals surface area (Å²) < 4.78 is 1.77. The summed E-state index contributed by atoms with van der Waals surface area (Å²) in [7, 11) is 0. The van der Waals surface area contributed by atoms with Crippen LogP contribution >= 0.6 is 45.2 Å². The van der Waals surface area contributed by atoms with Crippen molar-refractivity contribution in [3.63, 3.8) is 0 Å². The van der Waals surface area contributed by atoms with E-state index in [0.717, 1.165) is 13.8 Å². The van der Waals surface area contributed by atoms with Gasteiger partial charge in [-0.2, -0.15) is 0 Å². The average Bonchev–Trinajstić information content (AvgIpc) is 2.32. The molecule has 0 N–H and O–H groups in total. The van der Waals surface area contributed by atoms with E-state index >= 15 is 0 Å². The molecule has 0 saturated carbocycles. The molecule has 0 aliphatic heterocycles. The van der Waals surface area contributed by atoms with Gasteiger partial charge >= 0.3 is 0 Å². The smallest absolute Gasteiger partial charge is 0.0110 e. The molecule has 0 rings (SSSR count). The highest BCUT2D eigenvalue weighted by Gasteiger charge is 2.08. The summed E-state index contributed by atoms with van der Waals surface area (Å²) in [6, 6.07) is 0. The number of hydrogen-bond acceptors (Lipinski definition) is 0. The van der Waals surface area contributed by atoms with Crippen molar-refractivity contribution in [2.75, 3.05) is 0 Å². The van der Waals surface area contributed by atoms with Crippen molar-refractivity contribution in [1.82, 2.24) is 0 Å². The molecule has 0 spiro atoms. The fourth-order valence-electron chi connectivity index (χ4n) is 2.29. The lowest BCUT2D eigenvalue weighted by atomic mass is 9.96. The summed E-state index contributed by atoms with van der Waals surface area (Å²) in [4.78, 5) is 0. The molecule has 0 fully saturated rings. The number of rotatable bonds is 12. The van der Waals surface area contributed by atoms with Crippen LogP contribution in [-0.4, -0.2) is 7.85 Å². The van der Waals surface area contributed by atoms with Crippen LogP contribution in [-0.2, 0) is 0 Å². The minimum Gasteiger partial charge on any atom is -0.0829 e. The molecule has 0 heterocycles. The van der Waals surface area contributed by atoms with Gasteiger partial charge in [-0.3, -0.25) is 0 Å². The summed E-state index contributed by atoms with van der Waals surface area (Å²) in [6.45, 7) is 7.05. The molecule has 0 aromatic carbocycles. The predicted octanol–water partition coefficient (Wildman–Crippen LogP) is 7.17. The molecule has 0 aromatic rings. The van der Waals surface area contributed by atoms with Gasteiger partial charge in [0.1, 0.15) is 0 Å². The van der Waals surface area contributed by atoms with E-state index in [1.54, 1.807) is 0 Å². The number of alkyl halides is 2. The van der Waals surface area contributed by atoms with E-state index in [4.69, 9.17) is 0 Å². The molecule has 0 saturated heterocycles. The Morgan fingerprint density at radius 2 is 1.33 bits per heavy atom. The van der Waals surface area contributed by atoms with Crippen LogP contribution in [0.2, 0.25) is 0 Å². The molecule has 0 aliphatic rings. The molecule has 0 aromatic heterocycles. The maximum Gasteiger partial charge on any atom is 0.0110 e. The largest absolute Gasteiger partial charge is 0.0829 e. The molecule has 0 nitrogen and oxygen atoms in total. The fourth-order valence-corrected chi connectivity index (χ4v) is 3.53. The molecule has 3 atom stereocenters. The second-order valence-electron chi connectivity index (χ2n) is 5.84. The number of unbranched alkanes of at least 4 members (excludes halogenated alkanes) is 3. The van der Waals surface area contributed by atoms with Crippen molar-refractivity contribution in [3.05, 3.63) is 0 Å². The lowest BCUT2D eigenvalue weighted by Crippen LogP contribution is -2.03. The Morgan fingerprint density at radius 3 is 1.94 bits per heavy atom. The first-order valence-corrected chi connectivity index (χ1v) is 10.3. The predicted molar refractivity (Wildman–Crippen MR) is 102 cm³/mol. The van der Waals surface area contributed by atoms with Gasteiger partial charge in [-0.1, -0.05) is 104 Å². The van der Waals surface area contributed by atoms with E-state index in [1.165, 1.54) is 64.2 Å². The van der Waals surface area contributed by atoms with Gasteiger partial charge in [-0.25, -0.2) is 0 Å². The van der Waals surface area contributed by atoms with Gasteiger partial charge in [-0.15, -0.1) is 0 Å². The molecule has 0 aliphatic carbocycles. The second-order valence-corrected chi connectivity index (χ2v) is 9.73. The molecule has 18 heavy (non-hydrogen) atoms. The summed E-state index contributed by atoms with van der Waals surface area (Å²) in [6.07, 6.45) is 14.3. The van der Waals surface area contributed by atoms with E-state index in [0.29, 0.717) is 0 Å². The van der Waals surface area contributed by atoms with Gasteiger partial charge in [0, 0.05) is 7.85 Å². The standard InChI is InChI=1S/C16H32I2/c1-4-5-6-9-14(2)12-13-16(18)11-8-7-10-15(3)17/h14-16H,4-13H2,1-3H3. The topological polar surface area (TPSA) is 0 Å². The molecular formula is C16H32I2. The van der Waals surface area contributed by atoms with E-state index < -0.39 is 0 Å². The third-order valence-electron chi connectivity index (χ3n) is 3.64. The average molecular weight is 478 g/mol. The lowest BCUT2D eigenvalue weighted by Gasteiger charge is -2.14. The SMILES string of the molecule is CCCCCC(C)CCC(I)CCCCC(C)I. The second kappa shape index (κ2) is 13.4. The summed E-state index contributed by atoms with van der Waals surface area (Å²) >= 11 is 5.21. The molecule has 0 radical (unpaired) electrons. The fraction of sp³-hybridized carbons (Fsp3) is 1.00. The van der Waals surface area contributed by atoms with Crippen molar-refractivity contribution in [1.29, 1.82) is 0 Å². The van der Waals surface area contributed by atoms with Crippen LogP contribution < -0.4 is 0 Å². The van der Waals surface area contributed by atoms with E-state index in [2.05, 4.69) is 66.0 Å². The minimum absolute atomic E-state index is 0.855. The summed E-state index contributed by atoms with van der Waals surface area (Å²) in [5.41, 5.74) is 0. The van der Waals surface area contributed by atoms with Crippen LogP contribution in [0.3, 0.4) is 0 Å². The Labute approximate surface area is 143 Å². The molecule has 3 unspecified atom stereocenters. The Morgan fingerprint density at radius 1 is 0.722 bits per heavy atom. The number of halogens is 2. The third kappa shape index (κ3) is 13.9. The normalized spacial score (nSPS) is 16.5. The Balaban J connectivity index is 3.37. The molecular weight excluding hydrogens is 446 g/mol. The highest BCUT2D eigenvalue weighted by Crippen LogP contribution is 2.23.